The van der Waals surface area contributed by atoms with E-state index in [1.807, 2.05) is 6.92 Å². The lowest BCUT2D eigenvalue weighted by atomic mass is 10.1. The van der Waals surface area contributed by atoms with Crippen molar-refractivity contribution in [2.45, 2.75) is 52.1 Å². The predicted octanol–water partition coefficient (Wildman–Crippen LogP) is 3.59. The first-order valence-corrected chi connectivity index (χ1v) is 7.19. The molecule has 1 atom stereocenters. The quantitative estimate of drug-likeness (QED) is 0.438. The highest BCUT2D eigenvalue weighted by Gasteiger charge is 2.02. The molecule has 0 aromatic rings. The number of carbonyl (C=O) groups excluding carboxylic acids is 1. The summed E-state index contributed by atoms with van der Waals surface area (Å²) in [5.74, 6) is 1.28. The Kier molecular flexibility index (Phi) is 11.1. The lowest BCUT2D eigenvalue weighted by Crippen LogP contribution is -2.08. The van der Waals surface area contributed by atoms with E-state index < -0.39 is 6.17 Å². The number of esters is 1. The van der Waals surface area contributed by atoms with Crippen molar-refractivity contribution in [3.8, 4) is 0 Å². The molecule has 1 unspecified atom stereocenters. The number of thioether (sulfide) groups is 1. The van der Waals surface area contributed by atoms with Crippen molar-refractivity contribution in [2.75, 3.05) is 18.1 Å². The molecule has 0 spiro atoms. The molecule has 2 nitrogen and oxygen atoms in total. The van der Waals surface area contributed by atoms with Gasteiger partial charge >= 0.3 is 5.97 Å². The smallest absolute Gasteiger partial charge is 0.315 e. The van der Waals surface area contributed by atoms with Gasteiger partial charge < -0.3 is 4.74 Å². The number of ether oxygens (including phenoxy) is 1. The van der Waals surface area contributed by atoms with Gasteiger partial charge in [-0.15, -0.1) is 0 Å². The van der Waals surface area contributed by atoms with Crippen LogP contribution in [0, 0.1) is 0 Å². The van der Waals surface area contributed by atoms with Gasteiger partial charge in [0.05, 0.1) is 18.5 Å². The van der Waals surface area contributed by atoms with Crippen LogP contribution in [0.25, 0.3) is 0 Å². The van der Waals surface area contributed by atoms with Gasteiger partial charge in [0.2, 0.25) is 0 Å². The molecular weight excluding hydrogens is 227 g/mol. The van der Waals surface area contributed by atoms with Crippen LogP contribution in [0.15, 0.2) is 0 Å². The van der Waals surface area contributed by atoms with Crippen LogP contribution in [0.1, 0.15) is 46.0 Å². The standard InChI is InChI=1S/C12H23FO2S/c1-3-8-15-12(14)10-16-9-6-4-5-7-11(2)13/h11H,3-10H2,1-2H3. The minimum Gasteiger partial charge on any atom is -0.465 e. The van der Waals surface area contributed by atoms with Gasteiger partial charge in [-0.05, 0) is 31.9 Å². The Bertz CT molecular complexity index is 174. The first-order valence-electron chi connectivity index (χ1n) is 6.04. The maximum Gasteiger partial charge on any atom is 0.315 e. The second-order valence-corrected chi connectivity index (χ2v) is 5.01. The van der Waals surface area contributed by atoms with E-state index in [-0.39, 0.29) is 5.97 Å². The van der Waals surface area contributed by atoms with Crippen LogP contribution < -0.4 is 0 Å². The monoisotopic (exact) mass is 250 g/mol. The molecule has 0 aromatic heterocycles. The lowest BCUT2D eigenvalue weighted by Gasteiger charge is -2.03. The van der Waals surface area contributed by atoms with Crippen LogP contribution in [0.3, 0.4) is 0 Å². The first kappa shape index (κ1) is 15.8. The summed E-state index contributed by atoms with van der Waals surface area (Å²) in [6, 6.07) is 0. The third-order valence-electron chi connectivity index (χ3n) is 2.08. The van der Waals surface area contributed by atoms with Crippen LogP contribution >= 0.6 is 11.8 Å². The zero-order valence-corrected chi connectivity index (χ0v) is 11.2. The summed E-state index contributed by atoms with van der Waals surface area (Å²) < 4.78 is 17.4. The second-order valence-electron chi connectivity index (χ2n) is 3.90. The Balaban J connectivity index is 3.11. The maximum atomic E-state index is 12.4. The van der Waals surface area contributed by atoms with Crippen molar-refractivity contribution in [3.05, 3.63) is 0 Å². The Hall–Kier alpha value is -0.250. The molecule has 0 aliphatic carbocycles. The van der Waals surface area contributed by atoms with Gasteiger partial charge in [0.1, 0.15) is 0 Å². The molecule has 0 aliphatic rings. The zero-order valence-electron chi connectivity index (χ0n) is 10.3. The molecule has 0 rings (SSSR count). The zero-order chi connectivity index (χ0) is 12.2. The van der Waals surface area contributed by atoms with E-state index >= 15 is 0 Å². The van der Waals surface area contributed by atoms with Gasteiger partial charge in [-0.3, -0.25) is 4.79 Å². The molecule has 0 N–H and O–H groups in total. The number of unbranched alkanes of at least 4 members (excludes halogenated alkanes) is 2. The summed E-state index contributed by atoms with van der Waals surface area (Å²) in [7, 11) is 0. The van der Waals surface area contributed by atoms with E-state index in [1.54, 1.807) is 18.7 Å². The molecule has 0 heterocycles. The van der Waals surface area contributed by atoms with Crippen molar-refractivity contribution in [3.63, 3.8) is 0 Å². The molecule has 0 fully saturated rings. The van der Waals surface area contributed by atoms with E-state index in [1.165, 1.54) is 0 Å². The normalized spacial score (nSPS) is 12.4. The van der Waals surface area contributed by atoms with Crippen molar-refractivity contribution in [2.24, 2.45) is 0 Å². The second kappa shape index (κ2) is 11.2. The summed E-state index contributed by atoms with van der Waals surface area (Å²) in [6.07, 6.45) is 3.89. The Labute approximate surface area is 102 Å². The number of alkyl halides is 1. The number of carbonyl (C=O) groups is 1. The van der Waals surface area contributed by atoms with Crippen molar-refractivity contribution >= 4 is 17.7 Å². The minimum atomic E-state index is -0.684. The molecule has 0 saturated carbocycles. The van der Waals surface area contributed by atoms with Gasteiger partial charge in [-0.25, -0.2) is 4.39 Å². The summed E-state index contributed by atoms with van der Waals surface area (Å²) in [5, 5.41) is 0. The summed E-state index contributed by atoms with van der Waals surface area (Å²) in [5.41, 5.74) is 0. The third kappa shape index (κ3) is 11.8. The van der Waals surface area contributed by atoms with Gasteiger partial charge in [0.15, 0.2) is 0 Å². The Morgan fingerprint density at radius 3 is 2.75 bits per heavy atom. The average molecular weight is 250 g/mol. The van der Waals surface area contributed by atoms with E-state index in [2.05, 4.69) is 0 Å². The first-order chi connectivity index (χ1) is 7.66. The summed E-state index contributed by atoms with van der Waals surface area (Å²) >= 11 is 1.60. The predicted molar refractivity (Wildman–Crippen MR) is 67.6 cm³/mol. The largest absolute Gasteiger partial charge is 0.465 e. The summed E-state index contributed by atoms with van der Waals surface area (Å²) in [4.78, 5) is 11.1. The topological polar surface area (TPSA) is 26.3 Å². The van der Waals surface area contributed by atoms with Gasteiger partial charge in [-0.1, -0.05) is 19.8 Å². The fraction of sp³-hybridized carbons (Fsp3) is 0.917. The van der Waals surface area contributed by atoms with E-state index in [4.69, 9.17) is 4.74 Å². The van der Waals surface area contributed by atoms with E-state index in [0.29, 0.717) is 18.8 Å². The molecule has 96 valence electrons. The Morgan fingerprint density at radius 1 is 1.38 bits per heavy atom. The molecule has 0 aromatic carbocycles. The molecule has 16 heavy (non-hydrogen) atoms. The number of hydrogen-bond donors (Lipinski definition) is 0. The number of hydrogen-bond acceptors (Lipinski definition) is 3. The van der Waals surface area contributed by atoms with Crippen LogP contribution in [-0.4, -0.2) is 30.3 Å². The van der Waals surface area contributed by atoms with Gasteiger partial charge in [0.25, 0.3) is 0 Å². The fourth-order valence-electron chi connectivity index (χ4n) is 1.22. The van der Waals surface area contributed by atoms with E-state index in [9.17, 15) is 9.18 Å². The van der Waals surface area contributed by atoms with Crippen LogP contribution in [0.4, 0.5) is 4.39 Å². The van der Waals surface area contributed by atoms with Crippen LogP contribution in [-0.2, 0) is 9.53 Å². The minimum absolute atomic E-state index is 0.121. The summed E-state index contributed by atoms with van der Waals surface area (Å²) in [6.45, 7) is 4.10. The molecule has 0 amide bonds. The van der Waals surface area contributed by atoms with Gasteiger partial charge in [-0.2, -0.15) is 11.8 Å². The molecule has 0 bridgehead atoms. The maximum absolute atomic E-state index is 12.4. The molecule has 0 aliphatic heterocycles. The van der Waals surface area contributed by atoms with Crippen molar-refractivity contribution in [1.29, 1.82) is 0 Å². The van der Waals surface area contributed by atoms with Crippen molar-refractivity contribution in [1.82, 2.24) is 0 Å². The molecule has 4 heteroatoms. The number of halogens is 1. The highest BCUT2D eigenvalue weighted by Crippen LogP contribution is 2.10. The third-order valence-corrected chi connectivity index (χ3v) is 3.09. The highest BCUT2D eigenvalue weighted by molar-refractivity contribution is 7.99. The number of rotatable bonds is 10. The van der Waals surface area contributed by atoms with Crippen molar-refractivity contribution < 1.29 is 13.9 Å². The van der Waals surface area contributed by atoms with Crippen LogP contribution in [0.2, 0.25) is 0 Å². The average Bonchev–Trinajstić information content (AvgIpc) is 2.24. The van der Waals surface area contributed by atoms with Gasteiger partial charge in [0, 0.05) is 0 Å². The molecular formula is C12H23FO2S. The fourth-order valence-corrected chi connectivity index (χ4v) is 2.02. The van der Waals surface area contributed by atoms with E-state index in [0.717, 1.165) is 31.4 Å². The Morgan fingerprint density at radius 2 is 2.12 bits per heavy atom. The lowest BCUT2D eigenvalue weighted by molar-refractivity contribution is -0.140. The molecule has 0 saturated heterocycles. The molecule has 0 radical (unpaired) electrons. The van der Waals surface area contributed by atoms with Crippen LogP contribution in [0.5, 0.6) is 0 Å². The SMILES string of the molecule is CCCOC(=O)CSCCCCCC(C)F. The highest BCUT2D eigenvalue weighted by atomic mass is 32.2.